The number of carbonyl (C=O) groups excluding carboxylic acids is 6. The number of carboxylic acid groups (broad SMARTS) is 2. The number of ketones is 1. The van der Waals surface area contributed by atoms with Crippen LogP contribution in [0.25, 0.3) is 0 Å². The predicted molar refractivity (Wildman–Crippen MR) is 237 cm³/mol. The molecule has 3 rings (SSSR count). The molecule has 64 heavy (non-hydrogen) atoms. The van der Waals surface area contributed by atoms with E-state index < -0.39 is 96.3 Å². The summed E-state index contributed by atoms with van der Waals surface area (Å²) in [7, 11) is 0. The van der Waals surface area contributed by atoms with Gasteiger partial charge in [0.15, 0.2) is 17.7 Å². The second kappa shape index (κ2) is 23.8. The van der Waals surface area contributed by atoms with Gasteiger partial charge in [0.25, 0.3) is 11.8 Å². The first kappa shape index (κ1) is 52.1. The quantitative estimate of drug-likeness (QED) is 0.0627. The fourth-order valence-electron chi connectivity index (χ4n) is 5.23. The topological polar surface area (TPSA) is 375 Å². The molecular weight excluding hydrogens is 835 g/mol. The maximum absolute atomic E-state index is 12.6. The molecule has 2 atom stereocenters. The lowest BCUT2D eigenvalue weighted by atomic mass is 9.85. The first-order valence-corrected chi connectivity index (χ1v) is 19.3. The average Bonchev–Trinajstić information content (AvgIpc) is 3.17. The number of carboxylic acids is 2. The number of anilines is 1. The van der Waals surface area contributed by atoms with Gasteiger partial charge in [-0.05, 0) is 81.4 Å². The van der Waals surface area contributed by atoms with Crippen LogP contribution >= 0.6 is 0 Å². The van der Waals surface area contributed by atoms with Gasteiger partial charge in [0.2, 0.25) is 17.7 Å². The van der Waals surface area contributed by atoms with Crippen molar-refractivity contribution in [2.45, 2.75) is 72.1 Å². The van der Waals surface area contributed by atoms with Crippen LogP contribution in [0.1, 0.15) is 75.1 Å². The molecule has 3 aromatic carbocycles. The van der Waals surface area contributed by atoms with Gasteiger partial charge in [-0.1, -0.05) is 32.9 Å². The monoisotopic (exact) mass is 889 g/mol. The molecule has 5 amide bonds. The molecule has 0 unspecified atom stereocenters. The van der Waals surface area contributed by atoms with Crippen LogP contribution in [-0.2, 0) is 28.8 Å². The lowest BCUT2D eigenvalue weighted by Gasteiger charge is -2.24. The van der Waals surface area contributed by atoms with Crippen molar-refractivity contribution in [3.8, 4) is 5.75 Å². The van der Waals surface area contributed by atoms with E-state index in [0.717, 1.165) is 0 Å². The highest BCUT2D eigenvalue weighted by molar-refractivity contribution is 6.01. The van der Waals surface area contributed by atoms with E-state index in [2.05, 4.69) is 36.6 Å². The molecule has 0 fully saturated rings. The van der Waals surface area contributed by atoms with Crippen molar-refractivity contribution < 1.29 is 53.3 Å². The van der Waals surface area contributed by atoms with Crippen molar-refractivity contribution >= 4 is 76.2 Å². The summed E-state index contributed by atoms with van der Waals surface area (Å²) in [6.07, 6.45) is -1.20. The third-order valence-corrected chi connectivity index (χ3v) is 7.90. The lowest BCUT2D eigenvalue weighted by molar-refractivity contribution is -0.142. The minimum Gasteiger partial charge on any atom is -0.488 e. The number of aliphatic imine (C=N–C) groups is 2. The van der Waals surface area contributed by atoms with Gasteiger partial charge in [-0.2, -0.15) is 0 Å². The number of Topliss-reactive ketones (excluding diaryl/α,β-unsaturated/α-hetero) is 1. The molecule has 0 aliphatic heterocycles. The Bertz CT molecular complexity index is 2240. The number of hydrogen-bond acceptors (Lipinski definition) is 11. The number of rotatable bonds is 18. The zero-order valence-corrected chi connectivity index (χ0v) is 36.2. The second-order valence-electron chi connectivity index (χ2n) is 15.8. The molecular formula is C42H55N11O11. The van der Waals surface area contributed by atoms with E-state index in [1.807, 2.05) is 20.8 Å². The molecule has 22 nitrogen and oxygen atoms in total. The molecule has 344 valence electrons. The molecule has 15 N–H and O–H groups in total. The number of hydrogen-bond donors (Lipinski definition) is 11. The summed E-state index contributed by atoms with van der Waals surface area (Å²) < 4.78 is 5.72. The molecule has 0 radical (unpaired) electrons. The molecule has 0 aliphatic carbocycles. The molecule has 0 aromatic heterocycles. The van der Waals surface area contributed by atoms with E-state index in [0.29, 0.717) is 22.8 Å². The third kappa shape index (κ3) is 20.0. The maximum Gasteiger partial charge on any atom is 0.305 e. The molecule has 0 aliphatic rings. The van der Waals surface area contributed by atoms with Gasteiger partial charge < -0.3 is 64.5 Å². The van der Waals surface area contributed by atoms with Gasteiger partial charge in [0.05, 0.1) is 43.3 Å². The van der Waals surface area contributed by atoms with Crippen LogP contribution in [0.3, 0.4) is 0 Å². The number of nitrogens with two attached hydrogens (primary N) is 4. The fourth-order valence-corrected chi connectivity index (χ4v) is 5.23. The SMILES string of the molecule is CC(C)(C)C(=O)[C@H](CC(=O)O)NC(=O)CNC(=O)c1cccc(N=C(N)N)c1.CC(C)(C)Oc1ccc(NC(=O)[C@H](CC(=O)O)NC(=O)CNC(=O)c2cccc(N=C(N)N)c2)cc1. The predicted octanol–water partition coefficient (Wildman–Crippen LogP) is 0.993. The Labute approximate surface area is 368 Å². The van der Waals surface area contributed by atoms with E-state index in [-0.39, 0.29) is 23.0 Å². The van der Waals surface area contributed by atoms with Gasteiger partial charge in [-0.25, -0.2) is 9.98 Å². The Kier molecular flexibility index (Phi) is 19.4. The van der Waals surface area contributed by atoms with Crippen LogP contribution in [0.15, 0.2) is 82.8 Å². The van der Waals surface area contributed by atoms with Crippen molar-refractivity contribution in [1.82, 2.24) is 21.3 Å². The molecule has 22 heteroatoms. The normalized spacial score (nSPS) is 11.7. The minimum atomic E-state index is -1.37. The van der Waals surface area contributed by atoms with Gasteiger partial charge in [0, 0.05) is 22.2 Å². The first-order chi connectivity index (χ1) is 29.7. The molecule has 0 saturated carbocycles. The van der Waals surface area contributed by atoms with E-state index in [9.17, 15) is 38.4 Å². The lowest BCUT2D eigenvalue weighted by Crippen LogP contribution is -2.49. The number of ether oxygens (including phenoxy) is 1. The number of aliphatic carboxylic acids is 2. The van der Waals surface area contributed by atoms with Crippen LogP contribution in [0, 0.1) is 5.41 Å². The molecule has 0 saturated heterocycles. The number of nitrogens with one attached hydrogen (secondary N) is 5. The summed E-state index contributed by atoms with van der Waals surface area (Å²) in [5.41, 5.74) is 21.5. The van der Waals surface area contributed by atoms with Crippen LogP contribution in [0.2, 0.25) is 0 Å². The van der Waals surface area contributed by atoms with E-state index in [4.69, 9.17) is 37.9 Å². The Morgan fingerprint density at radius 3 is 1.44 bits per heavy atom. The van der Waals surface area contributed by atoms with Gasteiger partial charge >= 0.3 is 11.9 Å². The van der Waals surface area contributed by atoms with Gasteiger partial charge in [-0.3, -0.25) is 38.4 Å². The summed E-state index contributed by atoms with van der Waals surface area (Å²) in [5, 5.41) is 30.2. The van der Waals surface area contributed by atoms with Crippen molar-refractivity contribution in [1.29, 1.82) is 0 Å². The fraction of sp³-hybridized carbons (Fsp3) is 0.333. The van der Waals surface area contributed by atoms with Gasteiger partial charge in [-0.15, -0.1) is 0 Å². The van der Waals surface area contributed by atoms with Crippen LogP contribution < -0.4 is 54.3 Å². The highest BCUT2D eigenvalue weighted by atomic mass is 16.5. The van der Waals surface area contributed by atoms with E-state index in [1.165, 1.54) is 24.3 Å². The number of guanidine groups is 2. The molecule has 3 aromatic rings. The number of nitrogens with zero attached hydrogens (tertiary/aromatic N) is 2. The zero-order chi connectivity index (χ0) is 48.4. The summed E-state index contributed by atoms with van der Waals surface area (Å²) in [6.45, 7) is 9.65. The summed E-state index contributed by atoms with van der Waals surface area (Å²) >= 11 is 0. The highest BCUT2D eigenvalue weighted by Crippen LogP contribution is 2.21. The zero-order valence-electron chi connectivity index (χ0n) is 36.2. The van der Waals surface area contributed by atoms with E-state index >= 15 is 0 Å². The van der Waals surface area contributed by atoms with Crippen LogP contribution in [-0.4, -0.2) is 100 Å². The Morgan fingerprint density at radius 2 is 1.05 bits per heavy atom. The highest BCUT2D eigenvalue weighted by Gasteiger charge is 2.32. The second-order valence-corrected chi connectivity index (χ2v) is 15.8. The van der Waals surface area contributed by atoms with Gasteiger partial charge in [0.1, 0.15) is 17.4 Å². The maximum atomic E-state index is 12.6. The first-order valence-electron chi connectivity index (χ1n) is 19.3. The Hall–Kier alpha value is -8.04. The van der Waals surface area contributed by atoms with Crippen LogP contribution in [0.4, 0.5) is 17.1 Å². The van der Waals surface area contributed by atoms with Crippen molar-refractivity contribution in [3.05, 3.63) is 83.9 Å². The standard InChI is InChI=1S/C24H30N6O6.C18H25N5O5/c1-24(2,3)36-17-9-7-15(8-10-17)28-22(35)18(12-20(32)33)30-19(31)13-27-21(34)14-5-4-6-16(11-14)29-23(25)26;1-18(2,3)15(27)12(8-14(25)26)23-13(24)9-21-16(28)10-5-4-6-11(7-10)22-17(19)20/h4-11,18H,12-13H2,1-3H3,(H,27,34)(H,28,35)(H,30,31)(H,32,33)(H4,25,26,29);4-7,12H,8-9H2,1-3H3,(H,21,28)(H,23,24)(H,25,26)(H4,19,20,22)/t18-;12-/m00/s1. The number of amides is 5. The summed E-state index contributed by atoms with van der Waals surface area (Å²) in [4.78, 5) is 104. The minimum absolute atomic E-state index is 0.162. The molecule has 0 spiro atoms. The molecule has 0 heterocycles. The molecule has 0 bridgehead atoms. The average molecular weight is 890 g/mol. The van der Waals surface area contributed by atoms with Crippen molar-refractivity contribution in [2.75, 3.05) is 18.4 Å². The van der Waals surface area contributed by atoms with Crippen LogP contribution in [0.5, 0.6) is 5.75 Å². The number of benzene rings is 3. The van der Waals surface area contributed by atoms with E-state index in [1.54, 1.807) is 69.3 Å². The number of carbonyl (C=O) groups is 8. The Morgan fingerprint density at radius 1 is 0.625 bits per heavy atom. The third-order valence-electron chi connectivity index (χ3n) is 7.90. The van der Waals surface area contributed by atoms with Crippen molar-refractivity contribution in [3.63, 3.8) is 0 Å². The Balaban J connectivity index is 0.000000455. The summed E-state index contributed by atoms with van der Waals surface area (Å²) in [5.74, 6) is -5.98. The smallest absolute Gasteiger partial charge is 0.305 e. The summed E-state index contributed by atoms with van der Waals surface area (Å²) in [6, 6.07) is 16.1. The van der Waals surface area contributed by atoms with Crippen molar-refractivity contribution in [2.24, 2.45) is 38.3 Å². The largest absolute Gasteiger partial charge is 0.488 e.